The van der Waals surface area contributed by atoms with Crippen molar-refractivity contribution in [2.45, 2.75) is 37.8 Å². The third-order valence-corrected chi connectivity index (χ3v) is 10.1. The molecule has 0 radical (unpaired) electrons. The third kappa shape index (κ3) is 5.69. The molecule has 4 aromatic rings. The number of methoxy groups -OCH3 is 3. The Morgan fingerprint density at radius 2 is 1.44 bits per heavy atom. The summed E-state index contributed by atoms with van der Waals surface area (Å²) in [6, 6.07) is 20.4. The van der Waals surface area contributed by atoms with Gasteiger partial charge in [0.2, 0.25) is 5.75 Å². The molecule has 0 saturated carbocycles. The standard InChI is InChI=1S/C40H42N2O6/c1-7-33(43)29-13-10-25-19-32-38-27(15-17-42(32)3)22-37(45-5)39(46-6)40(38)48-36-23-30-26(21-35(36)44-4)14-16-41(2)31(30)18-24-8-11-28(12-9-24)47-34(29)20-25/h7-13,20-23,31-32H,1,14-19H2,2-6H3/t31-,32+/m0/s1. The first-order chi connectivity index (χ1) is 23.3. The van der Waals surface area contributed by atoms with Crippen LogP contribution in [0.2, 0.25) is 0 Å². The molecule has 4 aliphatic heterocycles. The fourth-order valence-electron chi connectivity index (χ4n) is 7.44. The van der Waals surface area contributed by atoms with E-state index in [9.17, 15) is 4.79 Å². The van der Waals surface area contributed by atoms with Gasteiger partial charge in [0.25, 0.3) is 0 Å². The van der Waals surface area contributed by atoms with Crippen molar-refractivity contribution >= 4 is 5.78 Å². The number of carbonyl (C=O) groups excluding carboxylic acids is 1. The van der Waals surface area contributed by atoms with Crippen LogP contribution in [0.3, 0.4) is 0 Å². The van der Waals surface area contributed by atoms with Crippen LogP contribution in [0.5, 0.6) is 40.2 Å². The number of allylic oxidation sites excluding steroid dienone is 1. The maximum absolute atomic E-state index is 12.9. The van der Waals surface area contributed by atoms with Crippen LogP contribution in [0, 0.1) is 0 Å². The molecule has 4 aromatic carbocycles. The number of rotatable bonds is 5. The van der Waals surface area contributed by atoms with Crippen LogP contribution in [0.1, 0.15) is 55.8 Å². The van der Waals surface area contributed by atoms with Crippen molar-refractivity contribution in [2.24, 2.45) is 0 Å². The second-order valence-electron chi connectivity index (χ2n) is 12.9. The Hall–Kier alpha value is -4.79. The molecule has 4 heterocycles. The fraction of sp³-hybridized carbons (Fsp3) is 0.325. The first-order valence-electron chi connectivity index (χ1n) is 16.4. The highest BCUT2D eigenvalue weighted by atomic mass is 16.5. The van der Waals surface area contributed by atoms with Crippen molar-refractivity contribution in [1.29, 1.82) is 0 Å². The van der Waals surface area contributed by atoms with E-state index in [1.54, 1.807) is 21.3 Å². The van der Waals surface area contributed by atoms with Crippen LogP contribution < -0.4 is 23.7 Å². The van der Waals surface area contributed by atoms with E-state index in [-0.39, 0.29) is 17.9 Å². The minimum absolute atomic E-state index is 0.0713. The van der Waals surface area contributed by atoms with Gasteiger partial charge in [-0.2, -0.15) is 0 Å². The number of ether oxygens (including phenoxy) is 5. The topological polar surface area (TPSA) is 69.7 Å². The van der Waals surface area contributed by atoms with E-state index in [2.05, 4.69) is 60.8 Å². The lowest BCUT2D eigenvalue weighted by Gasteiger charge is -2.37. The molecule has 48 heavy (non-hydrogen) atoms. The van der Waals surface area contributed by atoms with Gasteiger partial charge in [-0.05, 0) is 116 Å². The van der Waals surface area contributed by atoms with Crippen molar-refractivity contribution in [2.75, 3.05) is 48.5 Å². The second kappa shape index (κ2) is 13.0. The summed E-state index contributed by atoms with van der Waals surface area (Å²) in [6.45, 7) is 5.51. The molecule has 0 aromatic heterocycles. The maximum Gasteiger partial charge on any atom is 0.204 e. The largest absolute Gasteiger partial charge is 0.493 e. The van der Waals surface area contributed by atoms with Crippen molar-refractivity contribution in [3.63, 3.8) is 0 Å². The van der Waals surface area contributed by atoms with Crippen LogP contribution in [0.25, 0.3) is 0 Å². The molecular weight excluding hydrogens is 604 g/mol. The lowest BCUT2D eigenvalue weighted by atomic mass is 9.87. The zero-order valence-electron chi connectivity index (χ0n) is 28.3. The quantitative estimate of drug-likeness (QED) is 0.163. The number of hydrogen-bond donors (Lipinski definition) is 0. The molecule has 0 fully saturated rings. The van der Waals surface area contributed by atoms with E-state index < -0.39 is 0 Å². The first kappa shape index (κ1) is 31.8. The molecule has 0 N–H and O–H groups in total. The summed E-state index contributed by atoms with van der Waals surface area (Å²) in [5.41, 5.74) is 7.33. The molecule has 6 bridgehead atoms. The van der Waals surface area contributed by atoms with Gasteiger partial charge in [0.1, 0.15) is 11.5 Å². The van der Waals surface area contributed by atoms with Crippen LogP contribution in [0.4, 0.5) is 0 Å². The van der Waals surface area contributed by atoms with E-state index >= 15 is 0 Å². The Balaban J connectivity index is 1.47. The highest BCUT2D eigenvalue weighted by Gasteiger charge is 2.34. The van der Waals surface area contributed by atoms with Gasteiger partial charge in [-0.1, -0.05) is 24.8 Å². The van der Waals surface area contributed by atoms with Crippen molar-refractivity contribution in [1.82, 2.24) is 9.80 Å². The van der Waals surface area contributed by atoms with Gasteiger partial charge >= 0.3 is 0 Å². The molecule has 248 valence electrons. The lowest BCUT2D eigenvalue weighted by molar-refractivity contribution is 0.104. The molecule has 0 unspecified atom stereocenters. The van der Waals surface area contributed by atoms with E-state index in [4.69, 9.17) is 23.7 Å². The number of benzene rings is 4. The summed E-state index contributed by atoms with van der Waals surface area (Å²) < 4.78 is 31.3. The van der Waals surface area contributed by atoms with Gasteiger partial charge in [-0.25, -0.2) is 0 Å². The zero-order valence-corrected chi connectivity index (χ0v) is 28.3. The number of ketones is 1. The predicted molar refractivity (Wildman–Crippen MR) is 186 cm³/mol. The van der Waals surface area contributed by atoms with Crippen molar-refractivity contribution in [3.8, 4) is 40.2 Å². The number of fused-ring (bicyclic) bond motifs is 2. The predicted octanol–water partition coefficient (Wildman–Crippen LogP) is 7.52. The van der Waals surface area contributed by atoms with Crippen LogP contribution in [0.15, 0.2) is 73.3 Å². The highest BCUT2D eigenvalue weighted by molar-refractivity contribution is 6.06. The summed E-state index contributed by atoms with van der Waals surface area (Å²) >= 11 is 0. The SMILES string of the molecule is C=CC(=O)c1ccc2cc1Oc1ccc(cc1)C[C@H]1c3cc(c(OC)cc3CCN1C)Oc1c(OC)c(OC)cc3c1[C@@H](C2)N(C)CC3. The summed E-state index contributed by atoms with van der Waals surface area (Å²) in [6.07, 6.45) is 4.51. The lowest BCUT2D eigenvalue weighted by Crippen LogP contribution is -2.34. The average molecular weight is 647 g/mol. The van der Waals surface area contributed by atoms with Gasteiger partial charge < -0.3 is 23.7 Å². The Morgan fingerprint density at radius 3 is 2.15 bits per heavy atom. The minimum atomic E-state index is -0.186. The molecule has 0 spiro atoms. The molecule has 0 aliphatic carbocycles. The van der Waals surface area contributed by atoms with Crippen LogP contribution >= 0.6 is 0 Å². The minimum Gasteiger partial charge on any atom is -0.493 e. The molecular formula is C40H42N2O6. The average Bonchev–Trinajstić information content (AvgIpc) is 3.10. The Labute approximate surface area is 282 Å². The summed E-state index contributed by atoms with van der Waals surface area (Å²) in [7, 11) is 9.31. The highest BCUT2D eigenvalue weighted by Crippen LogP contribution is 2.51. The maximum atomic E-state index is 12.9. The van der Waals surface area contributed by atoms with Gasteiger partial charge in [0, 0.05) is 30.7 Å². The van der Waals surface area contributed by atoms with E-state index in [0.29, 0.717) is 52.2 Å². The third-order valence-electron chi connectivity index (χ3n) is 10.1. The summed E-state index contributed by atoms with van der Waals surface area (Å²) in [5.74, 6) is 4.09. The Morgan fingerprint density at radius 1 is 0.771 bits per heavy atom. The van der Waals surface area contributed by atoms with Gasteiger partial charge in [0.05, 0.1) is 26.9 Å². The number of hydrogen-bond acceptors (Lipinski definition) is 8. The van der Waals surface area contributed by atoms with Crippen LogP contribution in [-0.4, -0.2) is 64.1 Å². The Bertz CT molecular complexity index is 1880. The molecule has 8 rings (SSSR count). The normalized spacial score (nSPS) is 18.8. The first-order valence-corrected chi connectivity index (χ1v) is 16.4. The number of likely N-dealkylation sites (N-methyl/N-ethyl adjacent to an activating group) is 2. The van der Waals surface area contributed by atoms with Crippen LogP contribution in [-0.2, 0) is 25.7 Å². The summed E-state index contributed by atoms with van der Waals surface area (Å²) in [5, 5.41) is 0. The number of carbonyl (C=O) groups is 1. The van der Waals surface area contributed by atoms with Crippen molar-refractivity contribution in [3.05, 3.63) is 112 Å². The van der Waals surface area contributed by atoms with Gasteiger partial charge in [0.15, 0.2) is 28.8 Å². The number of nitrogens with zero attached hydrogens (tertiary/aromatic N) is 2. The summed E-state index contributed by atoms with van der Waals surface area (Å²) in [4.78, 5) is 17.7. The molecule has 8 heteroatoms. The molecule has 2 atom stereocenters. The molecule has 0 amide bonds. The van der Waals surface area contributed by atoms with E-state index in [1.165, 1.54) is 22.8 Å². The molecule has 4 aliphatic rings. The van der Waals surface area contributed by atoms with E-state index in [0.717, 1.165) is 49.0 Å². The van der Waals surface area contributed by atoms with Crippen molar-refractivity contribution < 1.29 is 28.5 Å². The van der Waals surface area contributed by atoms with Gasteiger partial charge in [-0.3, -0.25) is 14.6 Å². The Kier molecular flexibility index (Phi) is 8.62. The van der Waals surface area contributed by atoms with Gasteiger partial charge in [-0.15, -0.1) is 0 Å². The second-order valence-corrected chi connectivity index (χ2v) is 12.9. The monoisotopic (exact) mass is 646 g/mol. The smallest absolute Gasteiger partial charge is 0.204 e. The van der Waals surface area contributed by atoms with E-state index in [1.807, 2.05) is 30.3 Å². The fourth-order valence-corrected chi connectivity index (χ4v) is 7.44. The zero-order chi connectivity index (χ0) is 33.5. The molecule has 0 saturated heterocycles. The molecule has 8 nitrogen and oxygen atoms in total.